The molecule has 0 radical (unpaired) electrons. The molecule has 0 amide bonds. The Morgan fingerprint density at radius 1 is 1.03 bits per heavy atom. The number of carbonyl (C=O) groups excluding carboxylic acids is 2. The van der Waals surface area contributed by atoms with Crippen molar-refractivity contribution in [3.63, 3.8) is 0 Å². The van der Waals surface area contributed by atoms with Crippen molar-refractivity contribution in [3.05, 3.63) is 39.4 Å². The fourth-order valence-corrected chi connectivity index (χ4v) is 9.20. The van der Waals surface area contributed by atoms with Crippen molar-refractivity contribution in [2.75, 3.05) is 0 Å². The Labute approximate surface area is 216 Å². The van der Waals surface area contributed by atoms with E-state index in [0.29, 0.717) is 24.2 Å². The summed E-state index contributed by atoms with van der Waals surface area (Å²) >= 11 is 12.2. The number of ether oxygens (including phenoxy) is 1. The fraction of sp³-hybridized carbons (Fsp3) is 0.615. The SMILES string of the molecule is C[C@]12CCC(=O)C=C1CCC1C2CC[C@@]2(C)C1CC[C@@H]2OC(=O)c1cc(S(N)(=O)=O)c(Cl)cc1Cl. The number of hydrogen-bond donors (Lipinski definition) is 1. The molecule has 6 atom stereocenters. The lowest BCUT2D eigenvalue weighted by atomic mass is 9.47. The van der Waals surface area contributed by atoms with Gasteiger partial charge in [-0.2, -0.15) is 0 Å². The first-order chi connectivity index (χ1) is 16.3. The minimum atomic E-state index is -4.12. The maximum atomic E-state index is 13.2. The summed E-state index contributed by atoms with van der Waals surface area (Å²) in [6.07, 6.45) is 8.99. The molecule has 0 heterocycles. The Kier molecular flexibility index (Phi) is 6.18. The summed E-state index contributed by atoms with van der Waals surface area (Å²) in [5.41, 5.74) is 1.23. The van der Waals surface area contributed by atoms with Gasteiger partial charge < -0.3 is 4.74 Å². The zero-order valence-corrected chi connectivity index (χ0v) is 22.3. The fourth-order valence-electron chi connectivity index (χ4n) is 7.80. The Balaban J connectivity index is 1.38. The van der Waals surface area contributed by atoms with Gasteiger partial charge in [0, 0.05) is 11.8 Å². The van der Waals surface area contributed by atoms with Gasteiger partial charge >= 0.3 is 5.97 Å². The maximum Gasteiger partial charge on any atom is 0.339 e. The molecule has 1 aromatic rings. The van der Waals surface area contributed by atoms with Gasteiger partial charge in [0.2, 0.25) is 10.0 Å². The van der Waals surface area contributed by atoms with Crippen LogP contribution in [0.15, 0.2) is 28.7 Å². The van der Waals surface area contributed by atoms with Gasteiger partial charge in [-0.15, -0.1) is 0 Å². The van der Waals surface area contributed by atoms with E-state index in [4.69, 9.17) is 33.1 Å². The zero-order chi connectivity index (χ0) is 25.3. The molecule has 2 N–H and O–H groups in total. The van der Waals surface area contributed by atoms with Crippen molar-refractivity contribution < 1.29 is 22.7 Å². The smallest absolute Gasteiger partial charge is 0.339 e. The zero-order valence-electron chi connectivity index (χ0n) is 20.0. The number of rotatable bonds is 3. The van der Waals surface area contributed by atoms with Gasteiger partial charge in [0.1, 0.15) is 11.0 Å². The van der Waals surface area contributed by atoms with Gasteiger partial charge in [-0.25, -0.2) is 18.4 Å². The van der Waals surface area contributed by atoms with E-state index in [0.717, 1.165) is 51.0 Å². The summed E-state index contributed by atoms with van der Waals surface area (Å²) in [7, 11) is -4.12. The predicted molar refractivity (Wildman–Crippen MR) is 134 cm³/mol. The highest BCUT2D eigenvalue weighted by Gasteiger charge is 2.60. The van der Waals surface area contributed by atoms with Crippen LogP contribution >= 0.6 is 23.2 Å². The molecular weight excluding hydrogens is 509 g/mol. The molecule has 0 aliphatic heterocycles. The molecule has 190 valence electrons. The van der Waals surface area contributed by atoms with E-state index < -0.39 is 16.0 Å². The van der Waals surface area contributed by atoms with Gasteiger partial charge in [0.05, 0.1) is 15.6 Å². The van der Waals surface area contributed by atoms with Crippen LogP contribution in [0.25, 0.3) is 0 Å². The maximum absolute atomic E-state index is 13.2. The molecule has 0 aromatic heterocycles. The summed E-state index contributed by atoms with van der Waals surface area (Å²) in [5.74, 6) is 1.14. The first kappa shape index (κ1) is 25.2. The van der Waals surface area contributed by atoms with Crippen LogP contribution in [0.4, 0.5) is 0 Å². The molecule has 3 saturated carbocycles. The predicted octanol–water partition coefficient (Wildman–Crippen LogP) is 5.70. The molecular formula is C26H31Cl2NO5S. The van der Waals surface area contributed by atoms with Crippen molar-refractivity contribution in [1.82, 2.24) is 0 Å². The Morgan fingerprint density at radius 2 is 1.77 bits per heavy atom. The second-order valence-electron chi connectivity index (χ2n) is 11.3. The molecule has 3 unspecified atom stereocenters. The normalized spacial score (nSPS) is 36.6. The Bertz CT molecular complexity index is 1240. The van der Waals surface area contributed by atoms with Crippen LogP contribution in [0.5, 0.6) is 0 Å². The van der Waals surface area contributed by atoms with Crippen LogP contribution in [0.2, 0.25) is 10.0 Å². The standard InChI is InChI=1S/C26H31Cl2NO5S/c1-25-9-7-15(30)11-14(25)3-4-16-18-5-6-23(26(18,2)10-8-19(16)25)34-24(31)17-12-22(35(29,32)33)21(28)13-20(17)27/h11-13,16,18-19,23H,3-10H2,1-2H3,(H2,29,32,33)/t16?,18?,19?,23-,25-,26-/m0/s1. The number of hydrogen-bond acceptors (Lipinski definition) is 5. The molecule has 5 rings (SSSR count). The lowest BCUT2D eigenvalue weighted by Gasteiger charge is -2.57. The quantitative estimate of drug-likeness (QED) is 0.496. The van der Waals surface area contributed by atoms with E-state index >= 15 is 0 Å². The van der Waals surface area contributed by atoms with Gasteiger partial charge in [-0.1, -0.05) is 42.6 Å². The van der Waals surface area contributed by atoms with Crippen LogP contribution in [0.3, 0.4) is 0 Å². The third-order valence-electron chi connectivity index (χ3n) is 9.67. The monoisotopic (exact) mass is 539 g/mol. The number of allylic oxidation sites excluding steroid dienone is 1. The summed E-state index contributed by atoms with van der Waals surface area (Å²) in [6, 6.07) is 2.32. The largest absolute Gasteiger partial charge is 0.458 e. The highest BCUT2D eigenvalue weighted by Crippen LogP contribution is 2.65. The van der Waals surface area contributed by atoms with E-state index in [-0.39, 0.29) is 43.2 Å². The van der Waals surface area contributed by atoms with E-state index in [1.54, 1.807) is 0 Å². The minimum absolute atomic E-state index is 0.0298. The number of benzene rings is 1. The number of nitrogens with two attached hydrogens (primary N) is 1. The number of sulfonamides is 1. The molecule has 1 aromatic carbocycles. The van der Waals surface area contributed by atoms with Crippen LogP contribution in [-0.2, 0) is 19.6 Å². The number of halogens is 2. The van der Waals surface area contributed by atoms with Crippen LogP contribution in [0, 0.1) is 28.6 Å². The molecule has 0 spiro atoms. The first-order valence-corrected chi connectivity index (χ1v) is 14.6. The lowest BCUT2D eigenvalue weighted by Crippen LogP contribution is -2.51. The molecule has 4 aliphatic rings. The van der Waals surface area contributed by atoms with Gasteiger partial charge in [-0.3, -0.25) is 4.79 Å². The molecule has 3 fully saturated rings. The van der Waals surface area contributed by atoms with Crippen molar-refractivity contribution in [2.45, 2.75) is 76.2 Å². The number of esters is 1. The first-order valence-electron chi connectivity index (χ1n) is 12.3. The van der Waals surface area contributed by atoms with E-state index in [1.807, 2.05) is 6.08 Å². The van der Waals surface area contributed by atoms with Gasteiger partial charge in [0.25, 0.3) is 0 Å². The summed E-state index contributed by atoms with van der Waals surface area (Å²) < 4.78 is 29.8. The second kappa shape index (κ2) is 8.57. The van der Waals surface area contributed by atoms with Crippen LogP contribution in [-0.4, -0.2) is 26.3 Å². The van der Waals surface area contributed by atoms with Crippen molar-refractivity contribution in [1.29, 1.82) is 0 Å². The van der Waals surface area contributed by atoms with Crippen molar-refractivity contribution in [3.8, 4) is 0 Å². The molecule has 4 aliphatic carbocycles. The lowest BCUT2D eigenvalue weighted by molar-refractivity contribution is -0.118. The number of fused-ring (bicyclic) bond motifs is 5. The summed E-state index contributed by atoms with van der Waals surface area (Å²) in [4.78, 5) is 24.9. The Morgan fingerprint density at radius 3 is 2.49 bits per heavy atom. The van der Waals surface area contributed by atoms with E-state index in [1.165, 1.54) is 11.6 Å². The average molecular weight is 541 g/mol. The van der Waals surface area contributed by atoms with Gasteiger partial charge in [-0.05, 0) is 86.3 Å². The van der Waals surface area contributed by atoms with Crippen molar-refractivity contribution in [2.24, 2.45) is 33.7 Å². The van der Waals surface area contributed by atoms with Crippen LogP contribution in [0.1, 0.15) is 75.6 Å². The third kappa shape index (κ3) is 4.07. The third-order valence-corrected chi connectivity index (χ3v) is 11.4. The number of ketones is 1. The minimum Gasteiger partial charge on any atom is -0.458 e. The topological polar surface area (TPSA) is 104 Å². The highest BCUT2D eigenvalue weighted by atomic mass is 35.5. The number of carbonyl (C=O) groups is 2. The summed E-state index contributed by atoms with van der Waals surface area (Å²) in [5, 5.41) is 5.14. The molecule has 0 bridgehead atoms. The van der Waals surface area contributed by atoms with E-state index in [9.17, 15) is 18.0 Å². The van der Waals surface area contributed by atoms with Gasteiger partial charge in [0.15, 0.2) is 5.78 Å². The average Bonchev–Trinajstić information content (AvgIpc) is 3.09. The molecule has 6 nitrogen and oxygen atoms in total. The van der Waals surface area contributed by atoms with Crippen molar-refractivity contribution >= 4 is 45.0 Å². The highest BCUT2D eigenvalue weighted by molar-refractivity contribution is 7.89. The second-order valence-corrected chi connectivity index (χ2v) is 13.6. The van der Waals surface area contributed by atoms with Crippen LogP contribution < -0.4 is 5.14 Å². The molecule has 35 heavy (non-hydrogen) atoms. The Hall–Kier alpha value is -1.41. The molecule has 9 heteroatoms. The number of primary sulfonamides is 1. The molecule has 0 saturated heterocycles. The summed E-state index contributed by atoms with van der Waals surface area (Å²) in [6.45, 7) is 4.58. The van der Waals surface area contributed by atoms with E-state index in [2.05, 4.69) is 13.8 Å².